The van der Waals surface area contributed by atoms with E-state index in [1.165, 1.54) is 158 Å². The van der Waals surface area contributed by atoms with Crippen molar-refractivity contribution in [2.75, 3.05) is 24.0 Å². The fourth-order valence-electron chi connectivity index (χ4n) is 16.9. The lowest BCUT2D eigenvalue weighted by atomic mass is 9.61. The van der Waals surface area contributed by atoms with Crippen molar-refractivity contribution in [1.29, 1.82) is 0 Å². The first-order valence-electron chi connectivity index (χ1n) is 30.0. The van der Waals surface area contributed by atoms with E-state index in [1.54, 1.807) is 14.2 Å². The zero-order valence-electron chi connectivity index (χ0n) is 48.0. The maximum atomic E-state index is 5.86. The molecule has 402 valence electrons. The molecule has 4 nitrogen and oxygen atoms in total. The van der Waals surface area contributed by atoms with Crippen LogP contribution in [0.2, 0.25) is 0 Å². The molecule has 0 amide bonds. The van der Waals surface area contributed by atoms with Gasteiger partial charge in [-0.05, 0) is 210 Å². The highest BCUT2D eigenvalue weighted by molar-refractivity contribution is 6.33. The Hall–Kier alpha value is -8.60. The maximum Gasteiger partial charge on any atom is 0.120 e. The number of nitrogens with zero attached hydrogens (tertiary/aromatic N) is 2. The van der Waals surface area contributed by atoms with Crippen LogP contribution in [0.3, 0.4) is 0 Å². The minimum absolute atomic E-state index is 0.0723. The Morgan fingerprint density at radius 1 is 0.329 bits per heavy atom. The van der Waals surface area contributed by atoms with E-state index in [-0.39, 0.29) is 21.9 Å². The van der Waals surface area contributed by atoms with Gasteiger partial charge in [0.15, 0.2) is 0 Å². The Kier molecular flexibility index (Phi) is 10.8. The first kappa shape index (κ1) is 49.2. The summed E-state index contributed by atoms with van der Waals surface area (Å²) in [5, 5.41) is 12.8. The van der Waals surface area contributed by atoms with Gasteiger partial charge < -0.3 is 19.3 Å². The highest BCUT2D eigenvalue weighted by atomic mass is 16.5. The third-order valence-electron chi connectivity index (χ3n) is 21.5. The summed E-state index contributed by atoms with van der Waals surface area (Å²) in [4.78, 5) is 5.33. The number of fused-ring (bicyclic) bond motifs is 8. The van der Waals surface area contributed by atoms with Crippen LogP contribution in [0.4, 0.5) is 22.7 Å². The molecule has 0 spiro atoms. The number of hydrogen-bond acceptors (Lipinski definition) is 4. The van der Waals surface area contributed by atoms with E-state index in [1.807, 2.05) is 0 Å². The van der Waals surface area contributed by atoms with E-state index in [4.69, 9.17) is 9.47 Å². The topological polar surface area (TPSA) is 24.9 Å². The molecule has 4 aliphatic rings. The molecule has 4 unspecified atom stereocenters. The van der Waals surface area contributed by atoms with E-state index < -0.39 is 0 Å². The van der Waals surface area contributed by atoms with Crippen LogP contribution in [-0.4, -0.2) is 25.3 Å². The molecule has 4 atom stereocenters. The number of hydrogen-bond donors (Lipinski definition) is 0. The molecule has 2 saturated carbocycles. The first-order valence-corrected chi connectivity index (χ1v) is 30.0. The summed E-state index contributed by atoms with van der Waals surface area (Å²) in [6.45, 7) is 10.2. The third kappa shape index (κ3) is 6.72. The Balaban J connectivity index is 0.993. The van der Waals surface area contributed by atoms with Crippen molar-refractivity contribution < 1.29 is 9.47 Å². The van der Waals surface area contributed by atoms with Crippen LogP contribution in [0.1, 0.15) is 90.2 Å². The van der Waals surface area contributed by atoms with Crippen LogP contribution in [0.5, 0.6) is 11.5 Å². The Morgan fingerprint density at radius 3 is 1.16 bits per heavy atom. The standard InChI is InChI=1S/C78H68N2O2/c1-75-39-11-13-41-77(75,3)79(53-23-17-25-55(45-53)81-5)71-37-31-51(43-69(71)75)65-47-67(59-29-15-21-49-19-7-9-27-57(49)59)63-36-34-62-66(48-68(64-35-33-61(65)73(63)74(62)64)60-30-16-22-50-20-8-10-28-58(50)60)52-32-38-72-70(44-52)76(2)40-12-14-42-78(76,4)80(72)54-24-18-26-56(46-54)82-6/h7-10,15-38,43-48H,11-14,39-42H2,1-6H3. The summed E-state index contributed by atoms with van der Waals surface area (Å²) >= 11 is 0. The summed E-state index contributed by atoms with van der Waals surface area (Å²) < 4.78 is 11.7. The molecule has 0 aromatic heterocycles. The van der Waals surface area contributed by atoms with Gasteiger partial charge in [0, 0.05) is 45.7 Å². The summed E-state index contributed by atoms with van der Waals surface area (Å²) in [6, 6.07) is 79.0. The fourth-order valence-corrected chi connectivity index (χ4v) is 16.9. The second kappa shape index (κ2) is 17.9. The number of benzene rings is 12. The molecule has 12 aromatic carbocycles. The van der Waals surface area contributed by atoms with Gasteiger partial charge in [-0.25, -0.2) is 0 Å². The molecule has 2 fully saturated rings. The highest BCUT2D eigenvalue weighted by Gasteiger charge is 2.59. The van der Waals surface area contributed by atoms with Gasteiger partial charge in [0.1, 0.15) is 11.5 Å². The molecule has 0 N–H and O–H groups in total. The van der Waals surface area contributed by atoms with Crippen LogP contribution in [0, 0.1) is 0 Å². The van der Waals surface area contributed by atoms with Gasteiger partial charge in [0.25, 0.3) is 0 Å². The first-order chi connectivity index (χ1) is 40.0. The van der Waals surface area contributed by atoms with Gasteiger partial charge in [0.2, 0.25) is 0 Å². The average Bonchev–Trinajstić information content (AvgIpc) is 1.96. The molecule has 16 rings (SSSR count). The van der Waals surface area contributed by atoms with E-state index in [0.29, 0.717) is 0 Å². The number of anilines is 4. The van der Waals surface area contributed by atoms with Crippen LogP contribution in [0.15, 0.2) is 206 Å². The zero-order chi connectivity index (χ0) is 55.3. The second-order valence-electron chi connectivity index (χ2n) is 25.2. The molecule has 12 aromatic rings. The Bertz CT molecular complexity index is 4310. The highest BCUT2D eigenvalue weighted by Crippen LogP contribution is 2.64. The van der Waals surface area contributed by atoms with E-state index in [2.05, 4.69) is 244 Å². The molecular formula is C78H68N2O2. The molecule has 4 heteroatoms. The Labute approximate surface area is 481 Å². The predicted octanol–water partition coefficient (Wildman–Crippen LogP) is 21.1. The van der Waals surface area contributed by atoms with E-state index in [9.17, 15) is 0 Å². The molecule has 2 aliphatic carbocycles. The fraction of sp³-hybridized carbons (Fsp3) is 0.231. The normalized spacial score (nSPS) is 22.0. The molecule has 0 radical (unpaired) electrons. The summed E-state index contributed by atoms with van der Waals surface area (Å²) in [6.07, 6.45) is 9.39. The second-order valence-corrected chi connectivity index (χ2v) is 25.2. The zero-order valence-corrected chi connectivity index (χ0v) is 48.0. The largest absolute Gasteiger partial charge is 0.497 e. The van der Waals surface area contributed by atoms with Crippen molar-refractivity contribution >= 4 is 76.6 Å². The predicted molar refractivity (Wildman–Crippen MR) is 346 cm³/mol. The minimum Gasteiger partial charge on any atom is -0.497 e. The van der Waals surface area contributed by atoms with Crippen molar-refractivity contribution in [2.24, 2.45) is 0 Å². The van der Waals surface area contributed by atoms with E-state index in [0.717, 1.165) is 37.2 Å². The third-order valence-corrected chi connectivity index (χ3v) is 21.5. The van der Waals surface area contributed by atoms with Gasteiger partial charge in [0.05, 0.1) is 25.3 Å². The molecule has 2 heterocycles. The van der Waals surface area contributed by atoms with Gasteiger partial charge in [-0.3, -0.25) is 0 Å². The van der Waals surface area contributed by atoms with Gasteiger partial charge in [-0.2, -0.15) is 0 Å². The van der Waals surface area contributed by atoms with Crippen LogP contribution in [0.25, 0.3) is 98.4 Å². The monoisotopic (exact) mass is 1060 g/mol. The van der Waals surface area contributed by atoms with Crippen molar-refractivity contribution in [1.82, 2.24) is 0 Å². The lowest BCUT2D eigenvalue weighted by Crippen LogP contribution is -2.54. The van der Waals surface area contributed by atoms with Crippen LogP contribution >= 0.6 is 0 Å². The van der Waals surface area contributed by atoms with Gasteiger partial charge >= 0.3 is 0 Å². The average molecular weight is 1070 g/mol. The molecular weight excluding hydrogens is 997 g/mol. The number of ether oxygens (including phenoxy) is 2. The summed E-state index contributed by atoms with van der Waals surface area (Å²) in [5.74, 6) is 1.78. The number of rotatable bonds is 8. The quantitative estimate of drug-likeness (QED) is 0.142. The minimum atomic E-state index is -0.109. The van der Waals surface area contributed by atoms with Crippen molar-refractivity contribution in [3.63, 3.8) is 0 Å². The lowest BCUT2D eigenvalue weighted by Gasteiger charge is -2.50. The van der Waals surface area contributed by atoms with Gasteiger partial charge in [-0.15, -0.1) is 0 Å². The smallest absolute Gasteiger partial charge is 0.120 e. The molecule has 0 saturated heterocycles. The van der Waals surface area contributed by atoms with Crippen molar-refractivity contribution in [2.45, 2.75) is 101 Å². The van der Waals surface area contributed by atoms with Crippen molar-refractivity contribution in [3.8, 4) is 56.0 Å². The molecule has 2 aliphatic heterocycles. The molecule has 0 bridgehead atoms. The van der Waals surface area contributed by atoms with Crippen molar-refractivity contribution in [3.05, 3.63) is 217 Å². The van der Waals surface area contributed by atoms with E-state index >= 15 is 0 Å². The maximum absolute atomic E-state index is 5.86. The summed E-state index contributed by atoms with van der Waals surface area (Å²) in [5.41, 5.74) is 17.6. The van der Waals surface area contributed by atoms with Crippen LogP contribution in [-0.2, 0) is 10.8 Å². The number of methoxy groups -OCH3 is 2. The lowest BCUT2D eigenvalue weighted by molar-refractivity contribution is 0.195. The summed E-state index contributed by atoms with van der Waals surface area (Å²) in [7, 11) is 3.56. The SMILES string of the molecule is COc1cccc(N2c3ccc(-c4cc(-c5cccc6ccccc56)c5ccc6c(-c7ccc8c(c7)C7(C)CCCCC7(C)N8c7cccc(OC)c7)cc(-c7cccc8ccccc78)c7ccc4c5c67)cc3C3(C)CCCCC23C)c1. The van der Waals surface area contributed by atoms with Crippen LogP contribution < -0.4 is 19.3 Å². The molecule has 82 heavy (non-hydrogen) atoms. The van der Waals surface area contributed by atoms with Gasteiger partial charge in [-0.1, -0.05) is 173 Å². The Morgan fingerprint density at radius 2 is 0.720 bits per heavy atom.